The average molecular weight is 547 g/mol. The zero-order chi connectivity index (χ0) is 27.5. The summed E-state index contributed by atoms with van der Waals surface area (Å²) >= 11 is 0. The van der Waals surface area contributed by atoms with Crippen LogP contribution in [0.4, 0.5) is 0 Å². The quantitative estimate of drug-likeness (QED) is 0.493. The van der Waals surface area contributed by atoms with E-state index in [0.717, 1.165) is 56.5 Å². The van der Waals surface area contributed by atoms with Gasteiger partial charge >= 0.3 is 5.69 Å². The summed E-state index contributed by atoms with van der Waals surface area (Å²) in [4.78, 5) is 34.3. The zero-order valence-electron chi connectivity index (χ0n) is 23.4. The fourth-order valence-electron chi connectivity index (χ4n) is 6.94. The summed E-state index contributed by atoms with van der Waals surface area (Å²) in [6, 6.07) is 14.7. The van der Waals surface area contributed by atoms with Crippen molar-refractivity contribution >= 4 is 16.9 Å². The molecule has 2 N–H and O–H groups in total. The van der Waals surface area contributed by atoms with Crippen LogP contribution in [0, 0.1) is 0 Å². The monoisotopic (exact) mass is 546 g/mol. The minimum atomic E-state index is -0.272. The Morgan fingerprint density at radius 2 is 1.75 bits per heavy atom. The largest absolute Gasteiger partial charge is 0.494 e. The fraction of sp³-hybridized carbons (Fsp3) is 0.562. The molecule has 3 heterocycles. The summed E-state index contributed by atoms with van der Waals surface area (Å²) in [7, 11) is 0. The predicted octanol–water partition coefficient (Wildman–Crippen LogP) is 4.52. The van der Waals surface area contributed by atoms with Gasteiger partial charge in [-0.25, -0.2) is 4.79 Å². The number of aryl methyl sites for hydroxylation is 1. The van der Waals surface area contributed by atoms with Crippen LogP contribution in [0.1, 0.15) is 79.8 Å². The number of H-pyrrole nitrogens is 1. The lowest BCUT2D eigenvalue weighted by Gasteiger charge is -2.37. The van der Waals surface area contributed by atoms with Crippen LogP contribution in [-0.2, 0) is 6.42 Å². The number of carbonyl (C=O) groups excluding carboxylic acids is 1. The summed E-state index contributed by atoms with van der Waals surface area (Å²) < 4.78 is 7.88. The molecule has 1 saturated carbocycles. The number of aliphatic hydroxyl groups excluding tert-OH is 1. The minimum absolute atomic E-state index is 0.000983. The molecule has 8 nitrogen and oxygen atoms in total. The number of aliphatic hydroxyl groups is 1. The van der Waals surface area contributed by atoms with E-state index >= 15 is 0 Å². The van der Waals surface area contributed by atoms with Crippen molar-refractivity contribution in [1.29, 1.82) is 0 Å². The third kappa shape index (κ3) is 5.98. The molecule has 1 aromatic heterocycles. The van der Waals surface area contributed by atoms with Gasteiger partial charge in [0.05, 0.1) is 23.7 Å². The van der Waals surface area contributed by atoms with Gasteiger partial charge in [0.25, 0.3) is 5.91 Å². The number of amides is 1. The second-order valence-corrected chi connectivity index (χ2v) is 11.9. The van der Waals surface area contributed by atoms with Gasteiger partial charge in [-0.15, -0.1) is 0 Å². The Balaban J connectivity index is 1.22. The molecule has 1 saturated heterocycles. The summed E-state index contributed by atoms with van der Waals surface area (Å²) in [5.74, 6) is 0.901. The van der Waals surface area contributed by atoms with Gasteiger partial charge in [-0.2, -0.15) is 0 Å². The second-order valence-electron chi connectivity index (χ2n) is 11.9. The van der Waals surface area contributed by atoms with E-state index in [4.69, 9.17) is 4.74 Å². The maximum Gasteiger partial charge on any atom is 0.326 e. The van der Waals surface area contributed by atoms with Gasteiger partial charge in [0.1, 0.15) is 5.75 Å². The number of fused-ring (bicyclic) bond motifs is 4. The van der Waals surface area contributed by atoms with E-state index in [0.29, 0.717) is 49.7 Å². The van der Waals surface area contributed by atoms with E-state index in [2.05, 4.69) is 28.1 Å². The van der Waals surface area contributed by atoms with E-state index in [1.54, 1.807) is 0 Å². The number of rotatable bonds is 2. The maximum absolute atomic E-state index is 13.9. The van der Waals surface area contributed by atoms with Gasteiger partial charge in [0.15, 0.2) is 0 Å². The number of aromatic nitrogens is 2. The number of hydrogen-bond donors (Lipinski definition) is 2. The van der Waals surface area contributed by atoms with E-state index in [-0.39, 0.29) is 23.7 Å². The molecule has 8 heteroatoms. The highest BCUT2D eigenvalue weighted by Crippen LogP contribution is 2.30. The average Bonchev–Trinajstić information content (AvgIpc) is 3.31. The molecule has 0 spiro atoms. The van der Waals surface area contributed by atoms with Crippen LogP contribution in [0.3, 0.4) is 0 Å². The number of piperidine rings is 1. The minimum Gasteiger partial charge on any atom is -0.494 e. The van der Waals surface area contributed by atoms with Gasteiger partial charge in [0, 0.05) is 37.3 Å². The number of nitrogens with one attached hydrogen (secondary N) is 1. The molecule has 2 aromatic carbocycles. The van der Waals surface area contributed by atoms with Gasteiger partial charge < -0.3 is 19.7 Å². The van der Waals surface area contributed by atoms with Crippen LogP contribution in [0.25, 0.3) is 11.0 Å². The van der Waals surface area contributed by atoms with Crippen molar-refractivity contribution in [3.8, 4) is 5.75 Å². The molecule has 40 heavy (non-hydrogen) atoms. The number of aromatic amines is 1. The zero-order valence-corrected chi connectivity index (χ0v) is 23.4. The van der Waals surface area contributed by atoms with Crippen LogP contribution < -0.4 is 10.4 Å². The Hall–Kier alpha value is -3.10. The lowest BCUT2D eigenvalue weighted by atomic mass is 9.93. The van der Waals surface area contributed by atoms with Gasteiger partial charge in [-0.05, 0) is 100 Å². The van der Waals surface area contributed by atoms with Crippen LogP contribution in [0.5, 0.6) is 5.75 Å². The summed E-state index contributed by atoms with van der Waals surface area (Å²) in [6.07, 6.45) is 9.34. The van der Waals surface area contributed by atoms with Crippen molar-refractivity contribution in [3.05, 3.63) is 64.1 Å². The number of hydrogen-bond acceptors (Lipinski definition) is 5. The van der Waals surface area contributed by atoms with Gasteiger partial charge in [0.2, 0.25) is 0 Å². The van der Waals surface area contributed by atoms with Crippen LogP contribution in [-0.4, -0.2) is 75.3 Å². The van der Waals surface area contributed by atoms with Crippen molar-refractivity contribution in [3.63, 3.8) is 0 Å². The number of imidazole rings is 1. The number of nitrogens with zero attached hydrogens (tertiary/aromatic N) is 3. The summed E-state index contributed by atoms with van der Waals surface area (Å²) in [5.41, 5.74) is 3.32. The molecule has 6 rings (SSSR count). The lowest BCUT2D eigenvalue weighted by molar-refractivity contribution is 0.0682. The first-order valence-electron chi connectivity index (χ1n) is 15.2. The molecule has 2 bridgehead atoms. The Morgan fingerprint density at radius 3 is 2.62 bits per heavy atom. The molecular formula is C32H42N4O4. The molecule has 0 radical (unpaired) electrons. The van der Waals surface area contributed by atoms with Crippen molar-refractivity contribution in [2.45, 2.75) is 82.4 Å². The first-order valence-corrected chi connectivity index (χ1v) is 15.2. The molecule has 2 aliphatic heterocycles. The third-order valence-electron chi connectivity index (χ3n) is 9.19. The Morgan fingerprint density at radius 1 is 0.875 bits per heavy atom. The standard InChI is InChI=1S/C32H42N4O4/c37-27-13-11-26(12-14-27)36-30-15-9-24(22-29(30)33-32(36)39)31(38)35-17-4-20-40-28-7-3-5-23(21-28)8-10-25-6-1-2-16-34(25)18-19-35/h3,5,7,9,15,21-22,25-27,37H,1-2,4,6,8,10-14,16-20H2,(H,33,39). The first kappa shape index (κ1) is 27.1. The highest BCUT2D eigenvalue weighted by Gasteiger charge is 2.26. The van der Waals surface area contributed by atoms with Crippen molar-refractivity contribution in [1.82, 2.24) is 19.4 Å². The first-order chi connectivity index (χ1) is 19.5. The van der Waals surface area contributed by atoms with E-state index in [9.17, 15) is 14.7 Å². The Kier molecular flexibility index (Phi) is 8.25. The lowest BCUT2D eigenvalue weighted by Crippen LogP contribution is -2.45. The van der Waals surface area contributed by atoms with E-state index in [1.807, 2.05) is 33.7 Å². The molecule has 1 atom stereocenters. The molecule has 1 aliphatic carbocycles. The maximum atomic E-state index is 13.9. The van der Waals surface area contributed by atoms with Gasteiger partial charge in [-0.1, -0.05) is 18.6 Å². The molecule has 1 amide bonds. The third-order valence-corrected chi connectivity index (χ3v) is 9.19. The van der Waals surface area contributed by atoms with E-state index < -0.39 is 0 Å². The number of benzene rings is 2. The normalized spacial score (nSPS) is 25.1. The Bertz CT molecular complexity index is 1370. The molecule has 3 aliphatic rings. The predicted molar refractivity (Wildman–Crippen MR) is 156 cm³/mol. The molecule has 214 valence electrons. The van der Waals surface area contributed by atoms with Gasteiger partial charge in [-0.3, -0.25) is 14.3 Å². The number of carbonyl (C=O) groups is 1. The highest BCUT2D eigenvalue weighted by atomic mass is 16.5. The summed E-state index contributed by atoms with van der Waals surface area (Å²) in [6.45, 7) is 3.83. The SMILES string of the molecule is O=C(c1ccc2c(c1)[nH]c(=O)n2C1CCC(O)CC1)N1CCCOc2cccc(c2)CCC2CCCCN2CC1. The van der Waals surface area contributed by atoms with Crippen LogP contribution in [0.15, 0.2) is 47.3 Å². The second kappa shape index (κ2) is 12.2. The highest BCUT2D eigenvalue weighted by molar-refractivity contribution is 5.97. The van der Waals surface area contributed by atoms with Crippen LogP contribution in [0.2, 0.25) is 0 Å². The topological polar surface area (TPSA) is 90.8 Å². The Labute approximate surface area is 235 Å². The van der Waals surface area contributed by atoms with Crippen LogP contribution >= 0.6 is 0 Å². The molecular weight excluding hydrogens is 504 g/mol. The molecule has 1 unspecified atom stereocenters. The van der Waals surface area contributed by atoms with Crippen molar-refractivity contribution in [2.75, 3.05) is 32.8 Å². The number of ether oxygens (including phenoxy) is 1. The van der Waals surface area contributed by atoms with E-state index in [1.165, 1.54) is 24.8 Å². The van der Waals surface area contributed by atoms with Crippen molar-refractivity contribution < 1.29 is 14.6 Å². The molecule has 2 fully saturated rings. The smallest absolute Gasteiger partial charge is 0.326 e. The fourth-order valence-corrected chi connectivity index (χ4v) is 6.94. The van der Waals surface area contributed by atoms with Crippen molar-refractivity contribution in [2.24, 2.45) is 0 Å². The summed E-state index contributed by atoms with van der Waals surface area (Å²) in [5, 5.41) is 9.90. The molecule has 3 aromatic rings.